The molecule has 0 saturated carbocycles. The summed E-state index contributed by atoms with van der Waals surface area (Å²) >= 11 is 3.43. The van der Waals surface area contributed by atoms with Crippen LogP contribution >= 0.6 is 28.3 Å². The van der Waals surface area contributed by atoms with Gasteiger partial charge in [0.05, 0.1) is 0 Å². The van der Waals surface area contributed by atoms with Gasteiger partial charge in [0, 0.05) is 17.1 Å². The van der Waals surface area contributed by atoms with Crippen molar-refractivity contribution in [3.05, 3.63) is 33.8 Å². The molecule has 0 bridgehead atoms. The molecule has 0 amide bonds. The molecule has 0 fully saturated rings. The van der Waals surface area contributed by atoms with Crippen molar-refractivity contribution in [2.45, 2.75) is 25.8 Å². The lowest BCUT2D eigenvalue weighted by Crippen LogP contribution is -2.12. The average molecular weight is 295 g/mol. The minimum Gasteiger partial charge on any atom is -0.396 e. The molecule has 0 aliphatic heterocycles. The van der Waals surface area contributed by atoms with Gasteiger partial charge in [-0.15, -0.1) is 12.4 Å². The highest BCUT2D eigenvalue weighted by atomic mass is 79.9. The summed E-state index contributed by atoms with van der Waals surface area (Å²) in [6.45, 7) is 2.27. The van der Waals surface area contributed by atoms with Gasteiger partial charge in [0.25, 0.3) is 0 Å². The first-order valence-electron chi connectivity index (χ1n) is 4.77. The van der Waals surface area contributed by atoms with Gasteiger partial charge in [-0.2, -0.15) is 0 Å². The number of aliphatic hydroxyl groups is 1. The van der Waals surface area contributed by atoms with Gasteiger partial charge in [0.15, 0.2) is 0 Å². The van der Waals surface area contributed by atoms with Crippen LogP contribution in [0.4, 0.5) is 0 Å². The van der Waals surface area contributed by atoms with E-state index in [1.807, 2.05) is 6.07 Å². The third kappa shape index (κ3) is 4.51. The number of hydrogen-bond acceptors (Lipinski definition) is 2. The van der Waals surface area contributed by atoms with Crippen LogP contribution in [-0.2, 0) is 0 Å². The second kappa shape index (κ2) is 7.23. The minimum atomic E-state index is 0. The molecule has 0 saturated heterocycles. The Morgan fingerprint density at radius 2 is 2.13 bits per heavy atom. The Labute approximate surface area is 105 Å². The number of halogens is 2. The molecule has 86 valence electrons. The predicted molar refractivity (Wildman–Crippen MR) is 69.4 cm³/mol. The summed E-state index contributed by atoms with van der Waals surface area (Å²) in [7, 11) is 0. The van der Waals surface area contributed by atoms with Gasteiger partial charge in [0.2, 0.25) is 0 Å². The zero-order chi connectivity index (χ0) is 10.6. The van der Waals surface area contributed by atoms with Crippen LogP contribution in [0.2, 0.25) is 0 Å². The van der Waals surface area contributed by atoms with E-state index in [0.29, 0.717) is 0 Å². The van der Waals surface area contributed by atoms with Crippen LogP contribution in [0.25, 0.3) is 0 Å². The van der Waals surface area contributed by atoms with Gasteiger partial charge >= 0.3 is 0 Å². The standard InChI is InChI=1S/C11H16BrNO.ClH/c1-8-4-5-9(12)7-10(8)11(13)3-2-6-14;/h4-5,7,11,14H,2-3,6,13H2,1H3;1H/t11-;/m0./s1. The van der Waals surface area contributed by atoms with Crippen LogP contribution in [0.3, 0.4) is 0 Å². The van der Waals surface area contributed by atoms with Gasteiger partial charge in [-0.05, 0) is 43.0 Å². The Morgan fingerprint density at radius 1 is 1.47 bits per heavy atom. The maximum Gasteiger partial charge on any atom is 0.0431 e. The highest BCUT2D eigenvalue weighted by Crippen LogP contribution is 2.23. The highest BCUT2D eigenvalue weighted by Gasteiger charge is 2.08. The molecule has 0 aromatic heterocycles. The highest BCUT2D eigenvalue weighted by molar-refractivity contribution is 9.10. The van der Waals surface area contributed by atoms with Crippen molar-refractivity contribution in [1.82, 2.24) is 0 Å². The Bertz CT molecular complexity index is 307. The van der Waals surface area contributed by atoms with E-state index in [9.17, 15) is 0 Å². The first-order valence-corrected chi connectivity index (χ1v) is 5.57. The van der Waals surface area contributed by atoms with Crippen LogP contribution in [0.5, 0.6) is 0 Å². The zero-order valence-corrected chi connectivity index (χ0v) is 11.1. The van der Waals surface area contributed by atoms with Crippen molar-refractivity contribution in [3.63, 3.8) is 0 Å². The molecule has 0 aliphatic carbocycles. The van der Waals surface area contributed by atoms with Crippen LogP contribution in [-0.4, -0.2) is 11.7 Å². The Hall–Kier alpha value is -0.0900. The molecule has 15 heavy (non-hydrogen) atoms. The van der Waals surface area contributed by atoms with Crippen molar-refractivity contribution in [2.24, 2.45) is 5.73 Å². The number of hydrogen-bond donors (Lipinski definition) is 2. The second-order valence-electron chi connectivity index (χ2n) is 3.47. The SMILES string of the molecule is Cc1ccc(Br)cc1[C@@H](N)CCCO.Cl. The number of benzene rings is 1. The van der Waals surface area contributed by atoms with E-state index in [0.717, 1.165) is 22.9 Å². The summed E-state index contributed by atoms with van der Waals surface area (Å²) in [5.41, 5.74) is 8.39. The second-order valence-corrected chi connectivity index (χ2v) is 4.39. The molecule has 2 nitrogen and oxygen atoms in total. The molecule has 1 aromatic rings. The monoisotopic (exact) mass is 293 g/mol. The summed E-state index contributed by atoms with van der Waals surface area (Å²) in [5.74, 6) is 0. The van der Waals surface area contributed by atoms with Gasteiger partial charge in [-0.3, -0.25) is 0 Å². The van der Waals surface area contributed by atoms with Gasteiger partial charge < -0.3 is 10.8 Å². The summed E-state index contributed by atoms with van der Waals surface area (Å²) in [4.78, 5) is 0. The Kier molecular flexibility index (Phi) is 7.18. The molecule has 1 rings (SSSR count). The van der Waals surface area contributed by atoms with E-state index in [-0.39, 0.29) is 25.1 Å². The van der Waals surface area contributed by atoms with Gasteiger partial charge in [-0.25, -0.2) is 0 Å². The smallest absolute Gasteiger partial charge is 0.0431 e. The zero-order valence-electron chi connectivity index (χ0n) is 8.74. The normalized spacial score (nSPS) is 12.0. The van der Waals surface area contributed by atoms with Crippen molar-refractivity contribution >= 4 is 28.3 Å². The van der Waals surface area contributed by atoms with E-state index in [2.05, 4.69) is 35.0 Å². The lowest BCUT2D eigenvalue weighted by molar-refractivity contribution is 0.280. The predicted octanol–water partition coefficient (Wildman–Crippen LogP) is 2.95. The third-order valence-corrected chi connectivity index (χ3v) is 2.81. The van der Waals surface area contributed by atoms with E-state index in [1.54, 1.807) is 0 Å². The van der Waals surface area contributed by atoms with E-state index < -0.39 is 0 Å². The molecule has 0 spiro atoms. The molecule has 3 N–H and O–H groups in total. The third-order valence-electron chi connectivity index (χ3n) is 2.31. The molecule has 0 aliphatic rings. The van der Waals surface area contributed by atoms with E-state index in [1.165, 1.54) is 5.56 Å². The van der Waals surface area contributed by atoms with Crippen molar-refractivity contribution in [1.29, 1.82) is 0 Å². The lowest BCUT2D eigenvalue weighted by Gasteiger charge is -2.14. The summed E-state index contributed by atoms with van der Waals surface area (Å²) < 4.78 is 1.05. The first kappa shape index (κ1) is 14.9. The van der Waals surface area contributed by atoms with E-state index in [4.69, 9.17) is 10.8 Å². The van der Waals surface area contributed by atoms with E-state index >= 15 is 0 Å². The molecule has 0 radical (unpaired) electrons. The quantitative estimate of drug-likeness (QED) is 0.897. The van der Waals surface area contributed by atoms with Crippen LogP contribution < -0.4 is 5.73 Å². The fourth-order valence-electron chi connectivity index (χ4n) is 1.48. The molecule has 4 heteroatoms. The van der Waals surface area contributed by atoms with Crippen molar-refractivity contribution in [3.8, 4) is 0 Å². The molecule has 0 heterocycles. The molecule has 1 atom stereocenters. The lowest BCUT2D eigenvalue weighted by atomic mass is 9.99. The summed E-state index contributed by atoms with van der Waals surface area (Å²) in [6.07, 6.45) is 1.58. The topological polar surface area (TPSA) is 46.2 Å². The number of rotatable bonds is 4. The van der Waals surface area contributed by atoms with Crippen LogP contribution in [0.15, 0.2) is 22.7 Å². The first-order chi connectivity index (χ1) is 6.65. The fourth-order valence-corrected chi connectivity index (χ4v) is 1.86. The number of aliphatic hydroxyl groups excluding tert-OH is 1. The number of aryl methyl sites for hydroxylation is 1. The maximum absolute atomic E-state index is 8.72. The van der Waals surface area contributed by atoms with Crippen molar-refractivity contribution < 1.29 is 5.11 Å². The number of nitrogens with two attached hydrogens (primary N) is 1. The van der Waals surface area contributed by atoms with Crippen LogP contribution in [0, 0.1) is 6.92 Å². The fraction of sp³-hybridized carbons (Fsp3) is 0.455. The Morgan fingerprint density at radius 3 is 2.73 bits per heavy atom. The summed E-state index contributed by atoms with van der Waals surface area (Å²) in [5, 5.41) is 8.72. The minimum absolute atomic E-state index is 0. The van der Waals surface area contributed by atoms with Crippen molar-refractivity contribution in [2.75, 3.05) is 6.61 Å². The Balaban J connectivity index is 0.00000196. The van der Waals surface area contributed by atoms with Crippen LogP contribution in [0.1, 0.15) is 30.0 Å². The van der Waals surface area contributed by atoms with Gasteiger partial charge in [0.1, 0.15) is 0 Å². The maximum atomic E-state index is 8.72. The molecular formula is C11H17BrClNO. The molecule has 0 unspecified atom stereocenters. The molecular weight excluding hydrogens is 277 g/mol. The average Bonchev–Trinajstić information content (AvgIpc) is 2.18. The summed E-state index contributed by atoms with van der Waals surface area (Å²) in [6, 6.07) is 6.15. The van der Waals surface area contributed by atoms with Gasteiger partial charge in [-0.1, -0.05) is 22.0 Å². The molecule has 1 aromatic carbocycles. The largest absolute Gasteiger partial charge is 0.396 e.